The molecule has 1 fully saturated rings. The minimum atomic E-state index is -0.202. The van der Waals surface area contributed by atoms with Crippen LogP contribution in [-0.2, 0) is 6.54 Å². The van der Waals surface area contributed by atoms with E-state index in [4.69, 9.17) is 0 Å². The molecular formula is C13H19N3O2. The molecule has 1 unspecified atom stereocenters. The lowest BCUT2D eigenvalue weighted by Crippen LogP contribution is -2.42. The fraction of sp³-hybridized carbons (Fsp3) is 0.462. The third-order valence-electron chi connectivity index (χ3n) is 3.10. The Balaban J connectivity index is 1.69. The molecule has 0 aliphatic carbocycles. The summed E-state index contributed by atoms with van der Waals surface area (Å²) in [6.07, 6.45) is 2.28. The molecule has 1 atom stereocenters. The fourth-order valence-corrected chi connectivity index (χ4v) is 2.05. The first kappa shape index (κ1) is 12.7. The molecule has 1 aliphatic heterocycles. The van der Waals surface area contributed by atoms with E-state index in [2.05, 4.69) is 16.0 Å². The molecule has 98 valence electrons. The smallest absolute Gasteiger partial charge is 0.315 e. The third-order valence-corrected chi connectivity index (χ3v) is 3.10. The van der Waals surface area contributed by atoms with Gasteiger partial charge in [0.05, 0.1) is 0 Å². The summed E-state index contributed by atoms with van der Waals surface area (Å²) in [5, 5.41) is 18.4. The van der Waals surface area contributed by atoms with Crippen LogP contribution in [0.15, 0.2) is 24.3 Å². The number of phenolic OH excluding ortho intramolecular Hbond substituents is 1. The number of carbonyl (C=O) groups is 1. The zero-order valence-corrected chi connectivity index (χ0v) is 10.3. The van der Waals surface area contributed by atoms with E-state index in [1.165, 1.54) is 6.42 Å². The molecule has 4 N–H and O–H groups in total. The summed E-state index contributed by atoms with van der Waals surface area (Å²) in [7, 11) is 0. The molecule has 2 amide bonds. The first-order chi connectivity index (χ1) is 8.75. The molecular weight excluding hydrogens is 230 g/mol. The van der Waals surface area contributed by atoms with E-state index in [1.807, 2.05) is 6.07 Å². The number of benzene rings is 1. The van der Waals surface area contributed by atoms with Crippen molar-refractivity contribution in [2.24, 2.45) is 0 Å². The molecule has 5 heteroatoms. The van der Waals surface area contributed by atoms with E-state index < -0.39 is 0 Å². The van der Waals surface area contributed by atoms with E-state index in [9.17, 15) is 9.90 Å². The highest BCUT2D eigenvalue weighted by Gasteiger charge is 2.14. The SMILES string of the molecule is O=C(NCc1ccccc1O)NCC1CCCN1. The van der Waals surface area contributed by atoms with Crippen LogP contribution in [0.5, 0.6) is 5.75 Å². The Morgan fingerprint density at radius 1 is 1.39 bits per heavy atom. The van der Waals surface area contributed by atoms with Gasteiger partial charge in [-0.1, -0.05) is 18.2 Å². The molecule has 5 nitrogen and oxygen atoms in total. The predicted octanol–water partition coefficient (Wildman–Crippen LogP) is 0.943. The second-order valence-corrected chi connectivity index (χ2v) is 4.49. The van der Waals surface area contributed by atoms with Crippen LogP contribution in [0.4, 0.5) is 4.79 Å². The van der Waals surface area contributed by atoms with Crippen molar-refractivity contribution in [1.29, 1.82) is 0 Å². The van der Waals surface area contributed by atoms with Crippen molar-refractivity contribution in [2.45, 2.75) is 25.4 Å². The number of aromatic hydroxyl groups is 1. The Bertz CT molecular complexity index is 403. The average molecular weight is 249 g/mol. The Labute approximate surface area is 107 Å². The Morgan fingerprint density at radius 3 is 2.94 bits per heavy atom. The van der Waals surface area contributed by atoms with Crippen molar-refractivity contribution in [3.8, 4) is 5.75 Å². The van der Waals surface area contributed by atoms with Gasteiger partial charge in [-0.15, -0.1) is 0 Å². The lowest BCUT2D eigenvalue weighted by Gasteiger charge is -2.12. The lowest BCUT2D eigenvalue weighted by atomic mass is 10.2. The summed E-state index contributed by atoms with van der Waals surface area (Å²) in [5.74, 6) is 0.204. The molecule has 0 saturated carbocycles. The van der Waals surface area contributed by atoms with Crippen LogP contribution >= 0.6 is 0 Å². The molecule has 0 spiro atoms. The van der Waals surface area contributed by atoms with Crippen molar-refractivity contribution in [1.82, 2.24) is 16.0 Å². The molecule has 1 aromatic rings. The van der Waals surface area contributed by atoms with E-state index >= 15 is 0 Å². The predicted molar refractivity (Wildman–Crippen MR) is 69.4 cm³/mol. The van der Waals surface area contributed by atoms with Crippen LogP contribution in [0.3, 0.4) is 0 Å². The second kappa shape index (κ2) is 6.26. The van der Waals surface area contributed by atoms with Crippen LogP contribution < -0.4 is 16.0 Å². The van der Waals surface area contributed by atoms with Gasteiger partial charge >= 0.3 is 6.03 Å². The van der Waals surface area contributed by atoms with Gasteiger partial charge in [0.1, 0.15) is 5.75 Å². The summed E-state index contributed by atoms with van der Waals surface area (Å²) in [6, 6.07) is 7.17. The number of amides is 2. The summed E-state index contributed by atoms with van der Waals surface area (Å²) >= 11 is 0. The molecule has 1 aromatic carbocycles. The van der Waals surface area contributed by atoms with Gasteiger partial charge in [-0.2, -0.15) is 0 Å². The van der Waals surface area contributed by atoms with Crippen molar-refractivity contribution in [3.63, 3.8) is 0 Å². The topological polar surface area (TPSA) is 73.4 Å². The molecule has 0 bridgehead atoms. The highest BCUT2D eigenvalue weighted by atomic mass is 16.3. The van der Waals surface area contributed by atoms with Gasteiger partial charge in [0, 0.05) is 24.7 Å². The number of nitrogens with one attached hydrogen (secondary N) is 3. The summed E-state index contributed by atoms with van der Waals surface area (Å²) < 4.78 is 0. The molecule has 18 heavy (non-hydrogen) atoms. The summed E-state index contributed by atoms with van der Waals surface area (Å²) in [5.41, 5.74) is 0.714. The van der Waals surface area contributed by atoms with Gasteiger partial charge in [0.2, 0.25) is 0 Å². The molecule has 0 aromatic heterocycles. The molecule has 1 heterocycles. The van der Waals surface area contributed by atoms with E-state index in [0.29, 0.717) is 24.7 Å². The lowest BCUT2D eigenvalue weighted by molar-refractivity contribution is 0.239. The first-order valence-corrected chi connectivity index (χ1v) is 6.27. The minimum absolute atomic E-state index is 0.202. The molecule has 1 saturated heterocycles. The largest absolute Gasteiger partial charge is 0.508 e. The summed E-state index contributed by atoms with van der Waals surface area (Å²) in [6.45, 7) is 2.01. The van der Waals surface area contributed by atoms with Crippen LogP contribution in [0.1, 0.15) is 18.4 Å². The first-order valence-electron chi connectivity index (χ1n) is 6.27. The van der Waals surface area contributed by atoms with E-state index in [0.717, 1.165) is 13.0 Å². The average Bonchev–Trinajstić information content (AvgIpc) is 2.88. The van der Waals surface area contributed by atoms with Gasteiger partial charge < -0.3 is 21.1 Å². The Hall–Kier alpha value is -1.75. The van der Waals surface area contributed by atoms with Crippen molar-refractivity contribution in [3.05, 3.63) is 29.8 Å². The summed E-state index contributed by atoms with van der Waals surface area (Å²) in [4.78, 5) is 11.6. The highest BCUT2D eigenvalue weighted by Crippen LogP contribution is 2.14. The van der Waals surface area contributed by atoms with Crippen molar-refractivity contribution >= 4 is 6.03 Å². The minimum Gasteiger partial charge on any atom is -0.508 e. The Morgan fingerprint density at radius 2 is 2.22 bits per heavy atom. The van der Waals surface area contributed by atoms with Gasteiger partial charge in [-0.05, 0) is 25.5 Å². The highest BCUT2D eigenvalue weighted by molar-refractivity contribution is 5.73. The monoisotopic (exact) mass is 249 g/mol. The van der Waals surface area contributed by atoms with Crippen LogP contribution in [0, 0.1) is 0 Å². The van der Waals surface area contributed by atoms with Gasteiger partial charge in [-0.3, -0.25) is 0 Å². The third kappa shape index (κ3) is 3.63. The van der Waals surface area contributed by atoms with Crippen LogP contribution in [0.25, 0.3) is 0 Å². The van der Waals surface area contributed by atoms with Crippen LogP contribution in [-0.4, -0.2) is 30.3 Å². The zero-order chi connectivity index (χ0) is 12.8. The van der Waals surface area contributed by atoms with Gasteiger partial charge in [-0.25, -0.2) is 4.79 Å². The number of urea groups is 1. The van der Waals surface area contributed by atoms with E-state index in [-0.39, 0.29) is 11.8 Å². The fourth-order valence-electron chi connectivity index (χ4n) is 2.05. The maximum Gasteiger partial charge on any atom is 0.315 e. The maximum absolute atomic E-state index is 11.6. The molecule has 0 radical (unpaired) electrons. The standard InChI is InChI=1S/C13H19N3O2/c17-12-6-2-1-4-10(12)8-15-13(18)16-9-11-5-3-7-14-11/h1-2,4,6,11,14,17H,3,5,7-9H2,(H2,15,16,18). The number of rotatable bonds is 4. The number of hydrogen-bond donors (Lipinski definition) is 4. The van der Waals surface area contributed by atoms with Crippen LogP contribution in [0.2, 0.25) is 0 Å². The molecule has 2 rings (SSSR count). The van der Waals surface area contributed by atoms with Gasteiger partial charge in [0.15, 0.2) is 0 Å². The maximum atomic E-state index is 11.6. The number of hydrogen-bond acceptors (Lipinski definition) is 3. The van der Waals surface area contributed by atoms with E-state index in [1.54, 1.807) is 18.2 Å². The normalized spacial score (nSPS) is 18.6. The molecule has 1 aliphatic rings. The van der Waals surface area contributed by atoms with Crippen molar-refractivity contribution < 1.29 is 9.90 Å². The Kier molecular flexibility index (Phi) is 4.41. The van der Waals surface area contributed by atoms with Gasteiger partial charge in [0.25, 0.3) is 0 Å². The number of phenols is 1. The number of para-hydroxylation sites is 1. The number of carbonyl (C=O) groups excluding carboxylic acids is 1. The zero-order valence-electron chi connectivity index (χ0n) is 10.3. The quantitative estimate of drug-likeness (QED) is 0.642. The van der Waals surface area contributed by atoms with Crippen molar-refractivity contribution in [2.75, 3.05) is 13.1 Å². The second-order valence-electron chi connectivity index (χ2n) is 4.49.